The standard InChI is InChI=1S/C11H16N2/c1-2-4-10(5-3-1)6-7-11-12-8-9-13-11/h1-5,11-13H,6-9H2. The summed E-state index contributed by atoms with van der Waals surface area (Å²) in [6, 6.07) is 10.6. The normalized spacial score (nSPS) is 17.8. The number of hydrogen-bond donors (Lipinski definition) is 2. The molecule has 1 aromatic carbocycles. The maximum Gasteiger partial charge on any atom is 0.0575 e. The lowest BCUT2D eigenvalue weighted by Crippen LogP contribution is -2.31. The summed E-state index contributed by atoms with van der Waals surface area (Å²) >= 11 is 0. The smallest absolute Gasteiger partial charge is 0.0575 e. The third-order valence-electron chi connectivity index (χ3n) is 2.47. The molecule has 0 aromatic heterocycles. The Morgan fingerprint density at radius 2 is 1.77 bits per heavy atom. The summed E-state index contributed by atoms with van der Waals surface area (Å²) in [6.45, 7) is 2.22. The summed E-state index contributed by atoms with van der Waals surface area (Å²) in [4.78, 5) is 0. The summed E-state index contributed by atoms with van der Waals surface area (Å²) in [5.74, 6) is 0. The van der Waals surface area contributed by atoms with Gasteiger partial charge in [-0.25, -0.2) is 0 Å². The molecule has 0 bridgehead atoms. The number of benzene rings is 1. The zero-order valence-electron chi connectivity index (χ0n) is 7.79. The van der Waals surface area contributed by atoms with Crippen molar-refractivity contribution >= 4 is 0 Å². The van der Waals surface area contributed by atoms with Crippen LogP contribution in [0.2, 0.25) is 0 Å². The molecular weight excluding hydrogens is 160 g/mol. The van der Waals surface area contributed by atoms with E-state index in [9.17, 15) is 0 Å². The predicted octanol–water partition coefficient (Wildman–Crippen LogP) is 1.14. The van der Waals surface area contributed by atoms with Crippen LogP contribution in [0, 0.1) is 0 Å². The van der Waals surface area contributed by atoms with Crippen molar-refractivity contribution in [1.82, 2.24) is 10.6 Å². The lowest BCUT2D eigenvalue weighted by atomic mass is 10.1. The summed E-state index contributed by atoms with van der Waals surface area (Å²) in [5, 5.41) is 6.83. The largest absolute Gasteiger partial charge is 0.301 e. The van der Waals surface area contributed by atoms with Gasteiger partial charge in [0.2, 0.25) is 0 Å². The fourth-order valence-electron chi connectivity index (χ4n) is 1.72. The predicted molar refractivity (Wildman–Crippen MR) is 54.6 cm³/mol. The van der Waals surface area contributed by atoms with Gasteiger partial charge in [-0.1, -0.05) is 30.3 Å². The number of hydrogen-bond acceptors (Lipinski definition) is 2. The van der Waals surface area contributed by atoms with Crippen LogP contribution < -0.4 is 10.6 Å². The van der Waals surface area contributed by atoms with Gasteiger partial charge in [-0.05, 0) is 18.4 Å². The summed E-state index contributed by atoms with van der Waals surface area (Å²) in [7, 11) is 0. The van der Waals surface area contributed by atoms with E-state index >= 15 is 0 Å². The molecule has 0 atom stereocenters. The third kappa shape index (κ3) is 2.54. The van der Waals surface area contributed by atoms with Crippen LogP contribution in [-0.4, -0.2) is 19.3 Å². The molecule has 0 saturated carbocycles. The molecule has 1 aromatic rings. The van der Waals surface area contributed by atoms with E-state index in [1.807, 2.05) is 0 Å². The van der Waals surface area contributed by atoms with Crippen molar-refractivity contribution in [2.45, 2.75) is 19.0 Å². The average Bonchev–Trinajstić information content (AvgIpc) is 2.69. The van der Waals surface area contributed by atoms with Crippen molar-refractivity contribution in [1.29, 1.82) is 0 Å². The highest BCUT2D eigenvalue weighted by Gasteiger charge is 2.11. The molecule has 2 nitrogen and oxygen atoms in total. The van der Waals surface area contributed by atoms with E-state index in [1.165, 1.54) is 12.0 Å². The quantitative estimate of drug-likeness (QED) is 0.721. The summed E-state index contributed by atoms with van der Waals surface area (Å²) < 4.78 is 0. The van der Waals surface area contributed by atoms with Gasteiger partial charge >= 0.3 is 0 Å². The van der Waals surface area contributed by atoms with Gasteiger partial charge in [-0.2, -0.15) is 0 Å². The van der Waals surface area contributed by atoms with E-state index in [1.54, 1.807) is 0 Å². The lowest BCUT2D eigenvalue weighted by molar-refractivity contribution is 0.514. The van der Waals surface area contributed by atoms with Crippen molar-refractivity contribution < 1.29 is 0 Å². The molecule has 1 saturated heterocycles. The second kappa shape index (κ2) is 4.40. The highest BCUT2D eigenvalue weighted by molar-refractivity contribution is 5.14. The third-order valence-corrected chi connectivity index (χ3v) is 2.47. The van der Waals surface area contributed by atoms with E-state index in [4.69, 9.17) is 0 Å². The molecule has 1 aliphatic heterocycles. The van der Waals surface area contributed by atoms with Crippen molar-refractivity contribution in [2.75, 3.05) is 13.1 Å². The fourth-order valence-corrected chi connectivity index (χ4v) is 1.72. The minimum atomic E-state index is 0.528. The Kier molecular flexibility index (Phi) is 2.95. The molecule has 2 rings (SSSR count). The molecule has 1 fully saturated rings. The van der Waals surface area contributed by atoms with Crippen LogP contribution in [0.3, 0.4) is 0 Å². The molecule has 0 aliphatic carbocycles. The monoisotopic (exact) mass is 176 g/mol. The van der Waals surface area contributed by atoms with E-state index in [0.717, 1.165) is 19.5 Å². The molecule has 2 heteroatoms. The minimum Gasteiger partial charge on any atom is -0.301 e. The molecule has 1 heterocycles. The van der Waals surface area contributed by atoms with Crippen LogP contribution in [0.25, 0.3) is 0 Å². The van der Waals surface area contributed by atoms with Crippen LogP contribution in [-0.2, 0) is 6.42 Å². The second-order valence-corrected chi connectivity index (χ2v) is 3.49. The van der Waals surface area contributed by atoms with Gasteiger partial charge in [-0.3, -0.25) is 0 Å². The van der Waals surface area contributed by atoms with E-state index in [0.29, 0.717) is 6.17 Å². The summed E-state index contributed by atoms with van der Waals surface area (Å²) in [5.41, 5.74) is 1.43. The van der Waals surface area contributed by atoms with Crippen molar-refractivity contribution in [2.24, 2.45) is 0 Å². The molecule has 13 heavy (non-hydrogen) atoms. The van der Waals surface area contributed by atoms with Crippen LogP contribution in [0.4, 0.5) is 0 Å². The first-order valence-corrected chi connectivity index (χ1v) is 4.96. The van der Waals surface area contributed by atoms with E-state index in [-0.39, 0.29) is 0 Å². The van der Waals surface area contributed by atoms with Crippen molar-refractivity contribution in [3.05, 3.63) is 35.9 Å². The van der Waals surface area contributed by atoms with Crippen molar-refractivity contribution in [3.8, 4) is 0 Å². The Labute approximate surface area is 79.4 Å². The average molecular weight is 176 g/mol. The topological polar surface area (TPSA) is 24.1 Å². The van der Waals surface area contributed by atoms with Crippen LogP contribution in [0.1, 0.15) is 12.0 Å². The van der Waals surface area contributed by atoms with E-state index < -0.39 is 0 Å². The van der Waals surface area contributed by atoms with E-state index in [2.05, 4.69) is 41.0 Å². The summed E-state index contributed by atoms with van der Waals surface area (Å²) in [6.07, 6.45) is 2.87. The van der Waals surface area contributed by atoms with Gasteiger partial charge in [0.25, 0.3) is 0 Å². The maximum atomic E-state index is 3.42. The SMILES string of the molecule is c1ccc(CCC2NCCN2)cc1. The first kappa shape index (κ1) is 8.73. The first-order valence-electron chi connectivity index (χ1n) is 4.96. The Morgan fingerprint density at radius 3 is 2.46 bits per heavy atom. The van der Waals surface area contributed by atoms with Crippen LogP contribution >= 0.6 is 0 Å². The molecule has 2 N–H and O–H groups in total. The second-order valence-electron chi connectivity index (χ2n) is 3.49. The Hall–Kier alpha value is -0.860. The molecule has 0 radical (unpaired) electrons. The van der Waals surface area contributed by atoms with Gasteiger partial charge in [0.05, 0.1) is 6.17 Å². The molecule has 0 unspecified atom stereocenters. The van der Waals surface area contributed by atoms with Crippen LogP contribution in [0.15, 0.2) is 30.3 Å². The molecule has 70 valence electrons. The van der Waals surface area contributed by atoms with Gasteiger partial charge in [0.15, 0.2) is 0 Å². The number of nitrogens with one attached hydrogen (secondary N) is 2. The van der Waals surface area contributed by atoms with Gasteiger partial charge in [0.1, 0.15) is 0 Å². The highest BCUT2D eigenvalue weighted by atomic mass is 15.2. The van der Waals surface area contributed by atoms with Crippen LogP contribution in [0.5, 0.6) is 0 Å². The molecule has 0 spiro atoms. The number of rotatable bonds is 3. The highest BCUT2D eigenvalue weighted by Crippen LogP contribution is 2.04. The van der Waals surface area contributed by atoms with Gasteiger partial charge < -0.3 is 10.6 Å². The Balaban J connectivity index is 1.79. The van der Waals surface area contributed by atoms with Gasteiger partial charge in [-0.15, -0.1) is 0 Å². The van der Waals surface area contributed by atoms with Crippen molar-refractivity contribution in [3.63, 3.8) is 0 Å². The maximum absolute atomic E-state index is 3.42. The fraction of sp³-hybridized carbons (Fsp3) is 0.455. The number of aryl methyl sites for hydroxylation is 1. The minimum absolute atomic E-state index is 0.528. The first-order chi connectivity index (χ1) is 6.45. The molecule has 0 amide bonds. The van der Waals surface area contributed by atoms with Gasteiger partial charge in [0, 0.05) is 13.1 Å². The zero-order chi connectivity index (χ0) is 8.93. The molecular formula is C11H16N2. The molecule has 1 aliphatic rings. The Bertz CT molecular complexity index is 240. The lowest BCUT2D eigenvalue weighted by Gasteiger charge is -2.09. The zero-order valence-corrected chi connectivity index (χ0v) is 7.79. The Morgan fingerprint density at radius 1 is 1.08 bits per heavy atom.